The van der Waals surface area contributed by atoms with Gasteiger partial charge in [0, 0.05) is 26.2 Å². The summed E-state index contributed by atoms with van der Waals surface area (Å²) >= 11 is 0. The topological polar surface area (TPSA) is 35.9 Å². The summed E-state index contributed by atoms with van der Waals surface area (Å²) in [6.07, 6.45) is 3.96. The van der Waals surface area contributed by atoms with Gasteiger partial charge in [0.1, 0.15) is 5.82 Å². The van der Waals surface area contributed by atoms with Gasteiger partial charge < -0.3 is 14.7 Å². The van der Waals surface area contributed by atoms with Crippen LogP contribution in [0, 0.1) is 5.82 Å². The maximum absolute atomic E-state index is 14.4. The summed E-state index contributed by atoms with van der Waals surface area (Å²) in [7, 11) is 1.99. The van der Waals surface area contributed by atoms with Crippen LogP contribution in [-0.4, -0.2) is 55.5 Å². The lowest BCUT2D eigenvalue weighted by atomic mass is 10.0. The predicted molar refractivity (Wildman–Crippen MR) is 89.2 cm³/mol. The molecule has 0 unspecified atom stereocenters. The van der Waals surface area contributed by atoms with Gasteiger partial charge in [-0.3, -0.25) is 4.90 Å². The Balaban J connectivity index is 1.60. The molecule has 3 rings (SSSR count). The van der Waals surface area contributed by atoms with E-state index in [4.69, 9.17) is 4.74 Å². The summed E-state index contributed by atoms with van der Waals surface area (Å²) in [5.74, 6) is -0.169. The molecule has 0 amide bonds. The summed E-state index contributed by atoms with van der Waals surface area (Å²) in [6, 6.07) is 5.48. The van der Waals surface area contributed by atoms with Crippen LogP contribution in [0.2, 0.25) is 0 Å². The van der Waals surface area contributed by atoms with E-state index in [1.165, 1.54) is 0 Å². The molecule has 1 saturated heterocycles. The predicted octanol–water partition coefficient (Wildman–Crippen LogP) is 2.40. The van der Waals surface area contributed by atoms with E-state index in [1.54, 1.807) is 6.07 Å². The van der Waals surface area contributed by atoms with Gasteiger partial charge >= 0.3 is 0 Å². The zero-order valence-electron chi connectivity index (χ0n) is 13.9. The van der Waals surface area contributed by atoms with Gasteiger partial charge in [-0.2, -0.15) is 0 Å². The van der Waals surface area contributed by atoms with Crippen LogP contribution in [-0.2, 0) is 11.3 Å². The molecule has 0 atom stereocenters. The molecule has 1 N–H and O–H groups in total. The minimum atomic E-state index is -0.555. The highest BCUT2D eigenvalue weighted by atomic mass is 19.1. The fraction of sp³-hybridized carbons (Fsp3) is 0.667. The molecule has 2 fully saturated rings. The Bertz CT molecular complexity index is 526. The molecule has 23 heavy (non-hydrogen) atoms. The van der Waals surface area contributed by atoms with Crippen LogP contribution in [0.15, 0.2) is 18.2 Å². The third-order valence-electron chi connectivity index (χ3n) is 4.91. The number of likely N-dealkylation sites (N-methyl/N-ethyl adjacent to an activating group) is 1. The van der Waals surface area contributed by atoms with Gasteiger partial charge in [0.05, 0.1) is 24.5 Å². The zero-order chi connectivity index (χ0) is 16.3. The van der Waals surface area contributed by atoms with Crippen molar-refractivity contribution in [2.24, 2.45) is 0 Å². The first-order chi connectivity index (χ1) is 11.1. The summed E-state index contributed by atoms with van der Waals surface area (Å²) < 4.78 is 19.7. The fourth-order valence-electron chi connectivity index (χ4n) is 3.77. The maximum Gasteiger partial charge on any atom is 0.146 e. The maximum atomic E-state index is 14.4. The Labute approximate surface area is 137 Å². The quantitative estimate of drug-likeness (QED) is 0.903. The number of nitrogens with zero attached hydrogens (tertiary/aromatic N) is 2. The van der Waals surface area contributed by atoms with Gasteiger partial charge in [0.15, 0.2) is 0 Å². The first-order valence-corrected chi connectivity index (χ1v) is 8.58. The Kier molecular flexibility index (Phi) is 5.19. The molecule has 0 aromatic heterocycles. The van der Waals surface area contributed by atoms with Crippen LogP contribution < -0.4 is 4.90 Å². The van der Waals surface area contributed by atoms with E-state index in [9.17, 15) is 9.50 Å². The van der Waals surface area contributed by atoms with Gasteiger partial charge in [-0.05, 0) is 37.6 Å². The minimum absolute atomic E-state index is 0.169. The van der Waals surface area contributed by atoms with Crippen LogP contribution >= 0.6 is 0 Å². The lowest BCUT2D eigenvalue weighted by Gasteiger charge is -2.30. The lowest BCUT2D eigenvalue weighted by molar-refractivity contribution is 0.0145. The monoisotopic (exact) mass is 322 g/mol. The van der Waals surface area contributed by atoms with E-state index >= 15 is 0 Å². The van der Waals surface area contributed by atoms with Crippen LogP contribution in [0.3, 0.4) is 0 Å². The van der Waals surface area contributed by atoms with Crippen molar-refractivity contribution in [3.63, 3.8) is 0 Å². The van der Waals surface area contributed by atoms with Crippen molar-refractivity contribution in [3.05, 3.63) is 29.6 Å². The van der Waals surface area contributed by atoms with Crippen molar-refractivity contribution >= 4 is 5.69 Å². The molecule has 128 valence electrons. The van der Waals surface area contributed by atoms with Crippen molar-refractivity contribution < 1.29 is 14.2 Å². The molecule has 0 radical (unpaired) electrons. The van der Waals surface area contributed by atoms with Crippen LogP contribution in [0.5, 0.6) is 0 Å². The van der Waals surface area contributed by atoms with E-state index < -0.39 is 5.60 Å². The fourth-order valence-corrected chi connectivity index (χ4v) is 3.77. The lowest BCUT2D eigenvalue weighted by Crippen LogP contribution is -2.39. The molecular formula is C18H27FN2O2. The number of rotatable bonds is 5. The smallest absolute Gasteiger partial charge is 0.146 e. The minimum Gasteiger partial charge on any atom is -0.389 e. The normalized spacial score (nSPS) is 21.1. The number of anilines is 1. The van der Waals surface area contributed by atoms with Gasteiger partial charge in [-0.1, -0.05) is 18.9 Å². The third-order valence-corrected chi connectivity index (χ3v) is 4.91. The first-order valence-electron chi connectivity index (χ1n) is 8.58. The van der Waals surface area contributed by atoms with E-state index in [1.807, 2.05) is 24.1 Å². The van der Waals surface area contributed by atoms with E-state index in [-0.39, 0.29) is 5.82 Å². The molecule has 1 aromatic rings. The van der Waals surface area contributed by atoms with Gasteiger partial charge in [0.25, 0.3) is 0 Å². The first kappa shape index (κ1) is 16.7. The van der Waals surface area contributed by atoms with Crippen molar-refractivity contribution in [2.45, 2.75) is 37.8 Å². The molecule has 0 bridgehead atoms. The number of benzene rings is 1. The van der Waals surface area contributed by atoms with E-state index in [0.717, 1.165) is 44.3 Å². The van der Waals surface area contributed by atoms with Crippen molar-refractivity contribution in [1.29, 1.82) is 0 Å². The molecule has 1 saturated carbocycles. The van der Waals surface area contributed by atoms with Crippen LogP contribution in [0.1, 0.15) is 31.2 Å². The second kappa shape index (κ2) is 7.16. The number of hydrogen-bond acceptors (Lipinski definition) is 4. The third kappa shape index (κ3) is 4.22. The SMILES string of the molecule is CN(Cc1ccc(N2CCOCC2)c(F)c1)CC1(O)CCCC1. The number of halogens is 1. The van der Waals surface area contributed by atoms with Crippen molar-refractivity contribution in [1.82, 2.24) is 4.90 Å². The van der Waals surface area contributed by atoms with E-state index in [2.05, 4.69) is 4.90 Å². The van der Waals surface area contributed by atoms with Crippen molar-refractivity contribution in [2.75, 3.05) is 44.8 Å². The summed E-state index contributed by atoms with van der Waals surface area (Å²) in [6.45, 7) is 4.10. The summed E-state index contributed by atoms with van der Waals surface area (Å²) in [4.78, 5) is 4.13. The number of hydrogen-bond donors (Lipinski definition) is 1. The molecule has 0 spiro atoms. The van der Waals surface area contributed by atoms with Gasteiger partial charge in [0.2, 0.25) is 0 Å². The highest BCUT2D eigenvalue weighted by molar-refractivity contribution is 5.49. The molecule has 2 aliphatic rings. The molecule has 1 aromatic carbocycles. The highest BCUT2D eigenvalue weighted by Gasteiger charge is 2.32. The second-order valence-electron chi connectivity index (χ2n) is 6.99. The van der Waals surface area contributed by atoms with Crippen LogP contribution in [0.4, 0.5) is 10.1 Å². The molecular weight excluding hydrogens is 295 g/mol. The Hall–Kier alpha value is -1.17. The summed E-state index contributed by atoms with van der Waals surface area (Å²) in [5.41, 5.74) is 1.05. The average molecular weight is 322 g/mol. The summed E-state index contributed by atoms with van der Waals surface area (Å²) in [5, 5.41) is 10.5. The average Bonchev–Trinajstić information content (AvgIpc) is 2.94. The molecule has 4 nitrogen and oxygen atoms in total. The number of aliphatic hydroxyl groups is 1. The second-order valence-corrected chi connectivity index (χ2v) is 6.99. The van der Waals surface area contributed by atoms with E-state index in [0.29, 0.717) is 32.0 Å². The van der Waals surface area contributed by atoms with Gasteiger partial charge in [-0.15, -0.1) is 0 Å². The Morgan fingerprint density at radius 3 is 2.61 bits per heavy atom. The molecule has 1 aliphatic heterocycles. The number of morpholine rings is 1. The standard InChI is InChI=1S/C18H27FN2O2/c1-20(14-18(22)6-2-3-7-18)13-15-4-5-17(16(19)12-15)21-8-10-23-11-9-21/h4-5,12,22H,2-3,6-11,13-14H2,1H3. The highest BCUT2D eigenvalue weighted by Crippen LogP contribution is 2.30. The largest absolute Gasteiger partial charge is 0.389 e. The Morgan fingerprint density at radius 1 is 1.26 bits per heavy atom. The molecule has 1 heterocycles. The van der Waals surface area contributed by atoms with Gasteiger partial charge in [-0.25, -0.2) is 4.39 Å². The number of ether oxygens (including phenoxy) is 1. The zero-order valence-corrected chi connectivity index (χ0v) is 13.9. The molecule has 1 aliphatic carbocycles. The molecule has 5 heteroatoms. The Morgan fingerprint density at radius 2 is 1.96 bits per heavy atom. The van der Waals surface area contributed by atoms with Crippen molar-refractivity contribution in [3.8, 4) is 0 Å². The van der Waals surface area contributed by atoms with Crippen LogP contribution in [0.25, 0.3) is 0 Å².